The molecule has 0 aromatic carbocycles. The number of ether oxygens (including phenoxy) is 2. The van der Waals surface area contributed by atoms with Gasteiger partial charge in [-0.15, -0.1) is 0 Å². The fourth-order valence-corrected chi connectivity index (χ4v) is 4.54. The van der Waals surface area contributed by atoms with E-state index in [1.807, 2.05) is 6.92 Å². The first kappa shape index (κ1) is 28.5. The van der Waals surface area contributed by atoms with Gasteiger partial charge in [0, 0.05) is 0 Å². The molecule has 4 N–H and O–H groups in total. The Morgan fingerprint density at radius 1 is 0.812 bits per heavy atom. The van der Waals surface area contributed by atoms with Gasteiger partial charge in [-0.2, -0.15) is 0 Å². The van der Waals surface area contributed by atoms with Crippen molar-refractivity contribution in [1.29, 1.82) is 0 Å². The largest absolute Gasteiger partial charge is 0.394 e. The average Bonchev–Trinajstić information content (AvgIpc) is 2.71. The lowest BCUT2D eigenvalue weighted by Gasteiger charge is -2.48. The van der Waals surface area contributed by atoms with Crippen LogP contribution >= 0.6 is 0 Å². The Morgan fingerprint density at radius 2 is 1.34 bits per heavy atom. The van der Waals surface area contributed by atoms with Crippen LogP contribution in [0.5, 0.6) is 0 Å². The molecule has 1 rings (SSSR count). The second kappa shape index (κ2) is 11.5. The predicted molar refractivity (Wildman–Crippen MR) is 111 cm³/mol. The van der Waals surface area contributed by atoms with Crippen LogP contribution in [0.4, 0.5) is 0 Å². The first-order chi connectivity index (χ1) is 14.8. The molecule has 0 radical (unpaired) electrons. The van der Waals surface area contributed by atoms with E-state index in [4.69, 9.17) is 9.47 Å². The highest BCUT2D eigenvalue weighted by atomic mass is 16.7. The van der Waals surface area contributed by atoms with E-state index in [2.05, 4.69) is 0 Å². The van der Waals surface area contributed by atoms with E-state index in [9.17, 15) is 39.6 Å². The summed E-state index contributed by atoms with van der Waals surface area (Å²) < 4.78 is 11.0. The van der Waals surface area contributed by atoms with E-state index >= 15 is 0 Å². The van der Waals surface area contributed by atoms with Gasteiger partial charge in [0.05, 0.1) is 6.61 Å². The summed E-state index contributed by atoms with van der Waals surface area (Å²) in [6, 6.07) is 0. The molecule has 1 saturated heterocycles. The Bertz CT molecular complexity index is 673. The van der Waals surface area contributed by atoms with Crippen LogP contribution in [-0.2, 0) is 28.7 Å². The zero-order valence-electron chi connectivity index (χ0n) is 19.4. The molecular formula is C22H36O10. The van der Waals surface area contributed by atoms with Gasteiger partial charge in [0.2, 0.25) is 5.60 Å². The molecule has 0 amide bonds. The highest BCUT2D eigenvalue weighted by Crippen LogP contribution is 2.45. The summed E-state index contributed by atoms with van der Waals surface area (Å²) in [4.78, 5) is 51.9. The Labute approximate surface area is 187 Å². The average molecular weight is 461 g/mol. The Hall–Kier alpha value is -1.56. The lowest BCUT2D eigenvalue weighted by molar-refractivity contribution is -0.325. The van der Waals surface area contributed by atoms with Crippen LogP contribution in [0.2, 0.25) is 0 Å². The quantitative estimate of drug-likeness (QED) is 0.214. The van der Waals surface area contributed by atoms with Crippen LogP contribution in [0.1, 0.15) is 66.7 Å². The molecule has 5 atom stereocenters. The van der Waals surface area contributed by atoms with Crippen molar-refractivity contribution in [2.45, 2.75) is 103 Å². The van der Waals surface area contributed by atoms with Crippen molar-refractivity contribution in [3.8, 4) is 0 Å². The third kappa shape index (κ3) is 5.00. The molecule has 1 aliphatic heterocycles. The first-order valence-corrected chi connectivity index (χ1v) is 10.9. The number of hydrogen-bond donors (Lipinski definition) is 4. The van der Waals surface area contributed by atoms with Gasteiger partial charge in [-0.25, -0.2) is 0 Å². The summed E-state index contributed by atoms with van der Waals surface area (Å²) in [6.45, 7) is 5.40. The van der Waals surface area contributed by atoms with Crippen molar-refractivity contribution in [2.24, 2.45) is 5.41 Å². The minimum atomic E-state index is -2.63. The molecule has 184 valence electrons. The van der Waals surface area contributed by atoms with Gasteiger partial charge in [0.25, 0.3) is 0 Å². The Morgan fingerprint density at radius 3 is 1.75 bits per heavy atom. The van der Waals surface area contributed by atoms with E-state index in [1.54, 1.807) is 0 Å². The number of unbranched alkanes of at least 4 members (excludes halogenated alkanes) is 3. The molecule has 1 fully saturated rings. The summed E-state index contributed by atoms with van der Waals surface area (Å²) >= 11 is 0. The molecule has 10 nitrogen and oxygen atoms in total. The third-order valence-corrected chi connectivity index (χ3v) is 6.34. The summed E-state index contributed by atoms with van der Waals surface area (Å²) in [5, 5.41) is 39.9. The molecule has 0 aromatic rings. The van der Waals surface area contributed by atoms with Crippen LogP contribution in [-0.4, -0.2) is 86.5 Å². The van der Waals surface area contributed by atoms with E-state index in [1.165, 1.54) is 0 Å². The third-order valence-electron chi connectivity index (χ3n) is 6.34. The van der Waals surface area contributed by atoms with Gasteiger partial charge >= 0.3 is 0 Å². The van der Waals surface area contributed by atoms with E-state index in [0.29, 0.717) is 12.8 Å². The highest BCUT2D eigenvalue weighted by molar-refractivity contribution is 6.21. The van der Waals surface area contributed by atoms with Crippen molar-refractivity contribution in [1.82, 2.24) is 0 Å². The number of rotatable bonds is 13. The molecule has 0 spiro atoms. The van der Waals surface area contributed by atoms with Crippen LogP contribution in [0, 0.1) is 5.41 Å². The second-order valence-corrected chi connectivity index (χ2v) is 8.44. The molecule has 32 heavy (non-hydrogen) atoms. The minimum Gasteiger partial charge on any atom is -0.394 e. The lowest BCUT2D eigenvalue weighted by atomic mass is 9.60. The van der Waals surface area contributed by atoms with Crippen molar-refractivity contribution in [3.05, 3.63) is 0 Å². The SMILES string of the molecule is CCCCCCC(C(C)=O)(C(C)=O)C(OC1O[C@H](CO)[C@@H](O)[C@H](O)[C@H]1O)(C(C)=O)C(C)=O. The van der Waals surface area contributed by atoms with Crippen molar-refractivity contribution >= 4 is 23.1 Å². The van der Waals surface area contributed by atoms with Gasteiger partial charge < -0.3 is 29.9 Å². The highest BCUT2D eigenvalue weighted by Gasteiger charge is 2.66. The zero-order valence-corrected chi connectivity index (χ0v) is 19.4. The molecule has 1 aliphatic rings. The maximum atomic E-state index is 13.0. The normalized spacial score (nSPS) is 26.6. The number of aliphatic hydroxyl groups excluding tert-OH is 4. The molecule has 1 unspecified atom stereocenters. The summed E-state index contributed by atoms with van der Waals surface area (Å²) in [5.74, 6) is -3.39. The van der Waals surface area contributed by atoms with Crippen molar-refractivity contribution in [2.75, 3.05) is 6.61 Å². The first-order valence-electron chi connectivity index (χ1n) is 10.9. The van der Waals surface area contributed by atoms with E-state index < -0.39 is 71.5 Å². The molecule has 0 saturated carbocycles. The van der Waals surface area contributed by atoms with Gasteiger partial charge in [-0.1, -0.05) is 32.6 Å². The van der Waals surface area contributed by atoms with Crippen molar-refractivity contribution in [3.63, 3.8) is 0 Å². The number of carbonyl (C=O) groups excluding carboxylic acids is 4. The predicted octanol–water partition coefficient (Wildman–Crippen LogP) is -0.145. The fourth-order valence-electron chi connectivity index (χ4n) is 4.54. The standard InChI is InChI=1S/C22H36O10/c1-6-7-8-9-10-21(12(2)24,13(3)25)22(14(4)26,15(5)27)32-20-19(30)18(29)17(28)16(11-23)31-20/h16-20,23,28-30H,6-11H2,1-5H3/t16-,17-,18+,19-,20?/m1/s1. The summed E-state index contributed by atoms with van der Waals surface area (Å²) in [5.41, 5.74) is -4.82. The van der Waals surface area contributed by atoms with Gasteiger partial charge in [-0.3, -0.25) is 19.2 Å². The van der Waals surface area contributed by atoms with E-state index in [0.717, 1.165) is 40.5 Å². The molecule has 10 heteroatoms. The smallest absolute Gasteiger partial charge is 0.206 e. The monoisotopic (exact) mass is 460 g/mol. The summed E-state index contributed by atoms with van der Waals surface area (Å²) in [6.07, 6.45) is -6.18. The zero-order chi connectivity index (χ0) is 24.9. The Kier molecular flexibility index (Phi) is 10.3. The van der Waals surface area contributed by atoms with E-state index in [-0.39, 0.29) is 6.42 Å². The van der Waals surface area contributed by atoms with Crippen LogP contribution < -0.4 is 0 Å². The fraction of sp³-hybridized carbons (Fsp3) is 0.818. The van der Waals surface area contributed by atoms with Crippen LogP contribution in [0.15, 0.2) is 0 Å². The maximum Gasteiger partial charge on any atom is 0.206 e. The van der Waals surface area contributed by atoms with Gasteiger partial charge in [-0.05, 0) is 34.1 Å². The topological polar surface area (TPSA) is 168 Å². The van der Waals surface area contributed by atoms with Crippen molar-refractivity contribution < 1.29 is 49.1 Å². The Balaban J connectivity index is 3.63. The molecular weight excluding hydrogens is 424 g/mol. The minimum absolute atomic E-state index is 0.145. The second-order valence-electron chi connectivity index (χ2n) is 8.44. The summed E-state index contributed by atoms with van der Waals surface area (Å²) in [7, 11) is 0. The molecule has 0 aliphatic carbocycles. The van der Waals surface area contributed by atoms with Gasteiger partial charge in [0.1, 0.15) is 41.4 Å². The van der Waals surface area contributed by atoms with Crippen LogP contribution in [0.3, 0.4) is 0 Å². The number of hydrogen-bond acceptors (Lipinski definition) is 10. The number of ketones is 4. The van der Waals surface area contributed by atoms with Crippen LogP contribution in [0.25, 0.3) is 0 Å². The molecule has 1 heterocycles. The number of carbonyl (C=O) groups is 4. The maximum absolute atomic E-state index is 13.0. The van der Waals surface area contributed by atoms with Gasteiger partial charge in [0.15, 0.2) is 17.9 Å². The number of Topliss-reactive ketones (excluding diaryl/α,β-unsaturated/α-hetero) is 4. The molecule has 0 bridgehead atoms. The number of aliphatic hydroxyl groups is 4. The molecule has 0 aromatic heterocycles. The lowest BCUT2D eigenvalue weighted by Crippen LogP contribution is -2.69.